The number of hydrogen-bond acceptors (Lipinski definition) is 7. The van der Waals surface area contributed by atoms with E-state index in [2.05, 4.69) is 116 Å². The normalized spacial score (nSPS) is 28.1. The first kappa shape index (κ1) is 32.1. The highest BCUT2D eigenvalue weighted by molar-refractivity contribution is 6.03. The summed E-state index contributed by atoms with van der Waals surface area (Å²) in [5.74, 6) is -0.353. The Morgan fingerprint density at radius 1 is 0.977 bits per heavy atom. The van der Waals surface area contributed by atoms with Crippen LogP contribution >= 0.6 is 0 Å². The maximum atomic E-state index is 12.7. The van der Waals surface area contributed by atoms with Crippen LogP contribution in [-0.2, 0) is 20.4 Å². The number of nitrogens with zero attached hydrogens (tertiary/aromatic N) is 2. The molecule has 9 nitrogen and oxygen atoms in total. The second-order valence-corrected chi connectivity index (χ2v) is 13.1. The number of rotatable bonds is 9. The van der Waals surface area contributed by atoms with E-state index in [9.17, 15) is 25.2 Å². The predicted octanol–water partition coefficient (Wildman–Crippen LogP) is 3.02. The van der Waals surface area contributed by atoms with Crippen molar-refractivity contribution < 1.29 is 34.5 Å². The van der Waals surface area contributed by atoms with Gasteiger partial charge in [0.05, 0.1) is 12.0 Å². The monoisotopic (exact) mass is 604 g/mol. The van der Waals surface area contributed by atoms with Gasteiger partial charge in [-0.1, -0.05) is 56.3 Å². The first-order valence-electron chi connectivity index (χ1n) is 15.5. The molecule has 1 amide bonds. The zero-order valence-corrected chi connectivity index (χ0v) is 26.3. The number of unbranched alkanes of at least 4 members (excludes halogenated alkanes) is 1. The molecule has 236 valence electrons. The van der Waals surface area contributed by atoms with Crippen molar-refractivity contribution >= 4 is 23.0 Å². The van der Waals surface area contributed by atoms with Crippen LogP contribution in [0, 0.1) is 0 Å². The average molecular weight is 605 g/mol. The molecule has 3 heterocycles. The fraction of sp³-hybridized carbons (Fsp3) is 0.486. The Hall–Kier alpha value is -3.34. The summed E-state index contributed by atoms with van der Waals surface area (Å²) >= 11 is 0. The second-order valence-electron chi connectivity index (χ2n) is 13.1. The second kappa shape index (κ2) is 12.6. The standard InChI is InChI=1S/C35H45N3O6/c1-34(2)22-13-6-8-15-24(22)37(5)27(34)17-12-18-28-35(3,4)23-14-7-9-16-25(23)38(28)20-11-10-19-29(40)36-30-32(42)31(41)26(21-39)44-33(30)43/h6-9,12-18,26,30-33,39,41-43H,10-11,19-21H2,1-5H3/p+1/t26-,30+,31-,32-,33?/m1/s1. The quantitative estimate of drug-likeness (QED) is 0.220. The number of aliphatic hydroxyl groups excluding tert-OH is 4. The number of hydrogen-bond donors (Lipinski definition) is 5. The number of para-hydroxylation sites is 2. The molecule has 2 aromatic carbocycles. The van der Waals surface area contributed by atoms with Crippen LogP contribution in [0.4, 0.5) is 11.4 Å². The summed E-state index contributed by atoms with van der Waals surface area (Å²) in [7, 11) is 2.12. The number of allylic oxidation sites excluding steroid dienone is 4. The van der Waals surface area contributed by atoms with Gasteiger partial charge in [0.25, 0.3) is 0 Å². The maximum Gasteiger partial charge on any atom is 0.220 e. The summed E-state index contributed by atoms with van der Waals surface area (Å²) in [6.45, 7) is 9.17. The highest BCUT2D eigenvalue weighted by Gasteiger charge is 2.45. The lowest BCUT2D eigenvalue weighted by atomic mass is 9.81. The number of nitrogens with one attached hydrogen (secondary N) is 1. The van der Waals surface area contributed by atoms with Crippen LogP contribution in [0.15, 0.2) is 72.5 Å². The molecular weight excluding hydrogens is 558 g/mol. The Labute approximate surface area is 259 Å². The molecule has 0 bridgehead atoms. The van der Waals surface area contributed by atoms with E-state index in [1.807, 2.05) is 0 Å². The summed E-state index contributed by atoms with van der Waals surface area (Å²) < 4.78 is 7.41. The van der Waals surface area contributed by atoms with Crippen molar-refractivity contribution in [2.75, 3.05) is 25.1 Å². The van der Waals surface area contributed by atoms with Crippen molar-refractivity contribution in [1.82, 2.24) is 5.32 Å². The Kier molecular flexibility index (Phi) is 9.16. The molecule has 3 aliphatic rings. The topological polar surface area (TPSA) is 126 Å². The first-order valence-corrected chi connectivity index (χ1v) is 15.5. The van der Waals surface area contributed by atoms with Crippen LogP contribution in [0.3, 0.4) is 0 Å². The summed E-state index contributed by atoms with van der Waals surface area (Å²) in [4.78, 5) is 15.0. The Bertz CT molecular complexity index is 1480. The van der Waals surface area contributed by atoms with E-state index in [0.29, 0.717) is 6.42 Å². The van der Waals surface area contributed by atoms with E-state index in [1.54, 1.807) is 0 Å². The van der Waals surface area contributed by atoms with Gasteiger partial charge >= 0.3 is 0 Å². The smallest absolute Gasteiger partial charge is 0.220 e. The third kappa shape index (κ3) is 5.75. The van der Waals surface area contributed by atoms with Crippen molar-refractivity contribution in [3.05, 3.63) is 83.6 Å². The third-order valence-electron chi connectivity index (χ3n) is 9.51. The van der Waals surface area contributed by atoms with Crippen molar-refractivity contribution in [1.29, 1.82) is 0 Å². The molecule has 0 radical (unpaired) electrons. The van der Waals surface area contributed by atoms with Crippen molar-refractivity contribution in [3.8, 4) is 0 Å². The van der Waals surface area contributed by atoms with Crippen LogP contribution in [0.2, 0.25) is 0 Å². The molecule has 1 fully saturated rings. The molecule has 2 aromatic rings. The minimum absolute atomic E-state index is 0.108. The van der Waals surface area contributed by atoms with Gasteiger partial charge in [0.15, 0.2) is 12.0 Å². The number of fused-ring (bicyclic) bond motifs is 2. The fourth-order valence-electron chi connectivity index (χ4n) is 6.98. The predicted molar refractivity (Wildman–Crippen MR) is 170 cm³/mol. The molecule has 9 heteroatoms. The van der Waals surface area contributed by atoms with Gasteiger partial charge < -0.3 is 35.4 Å². The molecule has 3 aliphatic heterocycles. The van der Waals surface area contributed by atoms with Gasteiger partial charge in [0.2, 0.25) is 11.6 Å². The van der Waals surface area contributed by atoms with Gasteiger partial charge in [-0.3, -0.25) is 4.79 Å². The first-order chi connectivity index (χ1) is 20.9. The zero-order chi connectivity index (χ0) is 31.8. The minimum Gasteiger partial charge on any atom is -0.394 e. The number of carbonyl (C=O) groups is 1. The number of amides is 1. The van der Waals surface area contributed by atoms with Crippen molar-refractivity contribution in [2.24, 2.45) is 0 Å². The SMILES string of the molecule is C[N+]1=C(/C=C/C=C2/N(CCCCC(=O)N[C@@H]3C(O)O[C@H](CO)[C@@H](O)[C@@H]3O)c3ccccc3C2(C)C)C(C)(C)c2ccccc21. The molecular formula is C35H46N3O6+. The van der Waals surface area contributed by atoms with Crippen LogP contribution < -0.4 is 10.2 Å². The van der Waals surface area contributed by atoms with E-state index in [1.165, 1.54) is 28.2 Å². The van der Waals surface area contributed by atoms with Gasteiger partial charge in [-0.15, -0.1) is 0 Å². The summed E-state index contributed by atoms with van der Waals surface area (Å²) in [5, 5.41) is 42.5. The maximum absolute atomic E-state index is 12.7. The van der Waals surface area contributed by atoms with Gasteiger partial charge in [0.1, 0.15) is 31.4 Å². The lowest BCUT2D eigenvalue weighted by Gasteiger charge is -2.40. The molecule has 5 atom stereocenters. The number of ether oxygens (including phenoxy) is 1. The van der Waals surface area contributed by atoms with E-state index in [0.717, 1.165) is 18.7 Å². The van der Waals surface area contributed by atoms with Crippen LogP contribution in [0.5, 0.6) is 0 Å². The van der Waals surface area contributed by atoms with Crippen LogP contribution in [-0.4, -0.2) is 87.5 Å². The van der Waals surface area contributed by atoms with E-state index in [4.69, 9.17) is 4.74 Å². The molecule has 0 spiro atoms. The van der Waals surface area contributed by atoms with Gasteiger partial charge in [-0.25, -0.2) is 0 Å². The number of aliphatic hydroxyl groups is 4. The summed E-state index contributed by atoms with van der Waals surface area (Å²) in [6.07, 6.45) is 2.59. The molecule has 0 saturated carbocycles. The summed E-state index contributed by atoms with van der Waals surface area (Å²) in [5.41, 5.74) is 7.09. The lowest BCUT2D eigenvalue weighted by Crippen LogP contribution is -2.64. The molecule has 44 heavy (non-hydrogen) atoms. The van der Waals surface area contributed by atoms with E-state index < -0.39 is 37.3 Å². The molecule has 1 saturated heterocycles. The molecule has 0 aromatic heterocycles. The van der Waals surface area contributed by atoms with Crippen molar-refractivity contribution in [3.63, 3.8) is 0 Å². The molecule has 5 N–H and O–H groups in total. The number of carbonyl (C=O) groups excluding carboxylic acids is 1. The lowest BCUT2D eigenvalue weighted by molar-refractivity contribution is -0.401. The van der Waals surface area contributed by atoms with Gasteiger partial charge in [-0.05, 0) is 44.4 Å². The van der Waals surface area contributed by atoms with E-state index in [-0.39, 0.29) is 23.2 Å². The minimum atomic E-state index is -1.53. The molecule has 0 aliphatic carbocycles. The van der Waals surface area contributed by atoms with Crippen LogP contribution in [0.25, 0.3) is 0 Å². The Morgan fingerprint density at radius 2 is 1.66 bits per heavy atom. The Morgan fingerprint density at radius 3 is 2.36 bits per heavy atom. The zero-order valence-electron chi connectivity index (χ0n) is 26.3. The van der Waals surface area contributed by atoms with E-state index >= 15 is 0 Å². The number of anilines is 1. The number of benzene rings is 2. The Balaban J connectivity index is 1.26. The largest absolute Gasteiger partial charge is 0.394 e. The van der Waals surface area contributed by atoms with Gasteiger partial charge in [0, 0.05) is 47.5 Å². The van der Waals surface area contributed by atoms with Gasteiger partial charge in [-0.2, -0.15) is 4.58 Å². The molecule has 5 rings (SSSR count). The third-order valence-corrected chi connectivity index (χ3v) is 9.51. The highest BCUT2D eigenvalue weighted by atomic mass is 16.6. The van der Waals surface area contributed by atoms with Crippen molar-refractivity contribution in [2.45, 2.75) is 88.4 Å². The average Bonchev–Trinajstić information content (AvgIpc) is 3.33. The molecule has 1 unspecified atom stereocenters. The van der Waals surface area contributed by atoms with Crippen LogP contribution in [0.1, 0.15) is 58.1 Å². The fourth-order valence-corrected chi connectivity index (χ4v) is 6.98. The summed E-state index contributed by atoms with van der Waals surface area (Å²) in [6, 6.07) is 15.8. The highest BCUT2D eigenvalue weighted by Crippen LogP contribution is 2.47.